The predicted molar refractivity (Wildman–Crippen MR) is 78.7 cm³/mol. The van der Waals surface area contributed by atoms with Crippen LogP contribution in [0.25, 0.3) is 0 Å². The summed E-state index contributed by atoms with van der Waals surface area (Å²) in [7, 11) is 0. The van der Waals surface area contributed by atoms with Gasteiger partial charge in [0.15, 0.2) is 0 Å². The second kappa shape index (κ2) is 6.39. The Bertz CT molecular complexity index is 489. The maximum absolute atomic E-state index is 12.1. The molecule has 0 aliphatic heterocycles. The van der Waals surface area contributed by atoms with Crippen LogP contribution in [-0.4, -0.2) is 17.0 Å². The van der Waals surface area contributed by atoms with Crippen LogP contribution in [0.4, 0.5) is 0 Å². The van der Waals surface area contributed by atoms with E-state index in [1.54, 1.807) is 11.3 Å². The summed E-state index contributed by atoms with van der Waals surface area (Å²) in [6.07, 6.45) is 4.22. The second-order valence-electron chi connectivity index (χ2n) is 5.76. The Morgan fingerprint density at radius 2 is 2.05 bits per heavy atom. The molecule has 2 rings (SSSR count). The molecule has 0 spiro atoms. The van der Waals surface area contributed by atoms with Crippen LogP contribution in [0.5, 0.6) is 0 Å². The van der Waals surface area contributed by atoms with Crippen molar-refractivity contribution in [3.63, 3.8) is 0 Å². The van der Waals surface area contributed by atoms with E-state index in [1.165, 1.54) is 5.56 Å². The van der Waals surface area contributed by atoms with Gasteiger partial charge in [0, 0.05) is 11.3 Å². The molecule has 0 aromatic carbocycles. The summed E-state index contributed by atoms with van der Waals surface area (Å²) in [4.78, 5) is 24.3. The fraction of sp³-hybridized carbons (Fsp3) is 0.600. The number of carbonyl (C=O) groups is 2. The summed E-state index contributed by atoms with van der Waals surface area (Å²) in [6.45, 7) is 2.58. The first-order chi connectivity index (χ1) is 9.51. The van der Waals surface area contributed by atoms with Crippen LogP contribution in [0.2, 0.25) is 0 Å². The number of amides is 1. The zero-order valence-corrected chi connectivity index (χ0v) is 12.6. The molecule has 1 amide bonds. The number of carboxylic acid groups (broad SMARTS) is 1. The van der Waals surface area contributed by atoms with Gasteiger partial charge in [-0.3, -0.25) is 9.59 Å². The molecule has 0 radical (unpaired) electrons. The van der Waals surface area contributed by atoms with E-state index in [-0.39, 0.29) is 17.7 Å². The third-order valence-corrected chi connectivity index (χ3v) is 5.16. The lowest BCUT2D eigenvalue weighted by molar-refractivity contribution is -0.140. The number of aliphatic carboxylic acids is 1. The molecule has 5 heteroatoms. The molecule has 1 aromatic heterocycles. The molecule has 0 atom stereocenters. The van der Waals surface area contributed by atoms with Crippen LogP contribution in [0.3, 0.4) is 0 Å². The Balaban J connectivity index is 1.89. The molecule has 0 bridgehead atoms. The minimum absolute atomic E-state index is 0.0269. The van der Waals surface area contributed by atoms with E-state index in [1.807, 2.05) is 18.4 Å². The van der Waals surface area contributed by atoms with Crippen molar-refractivity contribution in [3.05, 3.63) is 21.9 Å². The Hall–Kier alpha value is -1.36. The lowest BCUT2D eigenvalue weighted by Crippen LogP contribution is -2.31. The third-order valence-electron chi connectivity index (χ3n) is 4.14. The van der Waals surface area contributed by atoms with Crippen LogP contribution in [0, 0.1) is 12.3 Å². The van der Waals surface area contributed by atoms with Gasteiger partial charge < -0.3 is 10.4 Å². The van der Waals surface area contributed by atoms with Gasteiger partial charge in [-0.1, -0.05) is 12.8 Å². The van der Waals surface area contributed by atoms with Gasteiger partial charge in [0.1, 0.15) is 0 Å². The average Bonchev–Trinajstić information content (AvgIpc) is 2.96. The Kier molecular flexibility index (Phi) is 4.81. The topological polar surface area (TPSA) is 66.4 Å². The summed E-state index contributed by atoms with van der Waals surface area (Å²) in [5, 5.41) is 14.0. The molecular formula is C15H21NO3S. The molecule has 1 aliphatic rings. The van der Waals surface area contributed by atoms with E-state index < -0.39 is 5.97 Å². The highest BCUT2D eigenvalue weighted by molar-refractivity contribution is 7.10. The van der Waals surface area contributed by atoms with Crippen molar-refractivity contribution < 1.29 is 14.7 Å². The summed E-state index contributed by atoms with van der Waals surface area (Å²) < 4.78 is 0. The molecule has 1 aliphatic carbocycles. The van der Waals surface area contributed by atoms with Gasteiger partial charge in [0.05, 0.1) is 13.0 Å². The van der Waals surface area contributed by atoms with Crippen LogP contribution in [0.15, 0.2) is 11.4 Å². The largest absolute Gasteiger partial charge is 0.481 e. The van der Waals surface area contributed by atoms with Crippen LogP contribution in [0.1, 0.15) is 49.0 Å². The molecule has 20 heavy (non-hydrogen) atoms. The molecule has 4 nitrogen and oxygen atoms in total. The van der Waals surface area contributed by atoms with E-state index >= 15 is 0 Å². The molecule has 110 valence electrons. The van der Waals surface area contributed by atoms with Gasteiger partial charge >= 0.3 is 5.97 Å². The fourth-order valence-electron chi connectivity index (χ4n) is 3.03. The first-order valence-electron chi connectivity index (χ1n) is 7.02. The summed E-state index contributed by atoms with van der Waals surface area (Å²) >= 11 is 1.64. The van der Waals surface area contributed by atoms with Gasteiger partial charge in [-0.25, -0.2) is 0 Å². The number of aryl methyl sites for hydroxylation is 1. The number of carboxylic acids is 1. The zero-order valence-electron chi connectivity index (χ0n) is 11.8. The summed E-state index contributed by atoms with van der Waals surface area (Å²) in [6, 6.07) is 2.04. The van der Waals surface area contributed by atoms with Gasteiger partial charge in [-0.2, -0.15) is 0 Å². The summed E-state index contributed by atoms with van der Waals surface area (Å²) in [5.74, 6) is -0.824. The standard InChI is InChI=1S/C15H21NO3S/c1-11-4-7-20-12(11)10-16-13(17)8-15(9-14(18)19)5-2-3-6-15/h4,7H,2-3,5-6,8-10H2,1H3,(H,16,17)(H,18,19). The number of carbonyl (C=O) groups excluding carboxylic acids is 1. The van der Waals surface area contributed by atoms with E-state index in [0.29, 0.717) is 13.0 Å². The molecular weight excluding hydrogens is 274 g/mol. The van der Waals surface area contributed by atoms with Crippen molar-refractivity contribution in [1.82, 2.24) is 5.32 Å². The van der Waals surface area contributed by atoms with Crippen molar-refractivity contribution in [2.75, 3.05) is 0 Å². The molecule has 1 heterocycles. The van der Waals surface area contributed by atoms with Crippen LogP contribution in [-0.2, 0) is 16.1 Å². The number of hydrogen-bond acceptors (Lipinski definition) is 3. The Morgan fingerprint density at radius 1 is 1.35 bits per heavy atom. The molecule has 1 fully saturated rings. The van der Waals surface area contributed by atoms with Crippen molar-refractivity contribution in [2.45, 2.75) is 52.0 Å². The molecule has 1 saturated carbocycles. The van der Waals surface area contributed by atoms with Gasteiger partial charge in [-0.05, 0) is 42.2 Å². The van der Waals surface area contributed by atoms with Gasteiger partial charge in [0.2, 0.25) is 5.91 Å². The van der Waals surface area contributed by atoms with Crippen LogP contribution >= 0.6 is 11.3 Å². The third kappa shape index (κ3) is 3.82. The normalized spacial score (nSPS) is 17.1. The highest BCUT2D eigenvalue weighted by Gasteiger charge is 2.37. The smallest absolute Gasteiger partial charge is 0.303 e. The summed E-state index contributed by atoms with van der Waals surface area (Å²) in [5.41, 5.74) is 0.872. The Labute approximate surface area is 123 Å². The highest BCUT2D eigenvalue weighted by atomic mass is 32.1. The number of rotatable bonds is 6. The molecule has 0 saturated heterocycles. The lowest BCUT2D eigenvalue weighted by Gasteiger charge is -2.26. The van der Waals surface area contributed by atoms with E-state index in [2.05, 4.69) is 5.32 Å². The zero-order chi connectivity index (χ0) is 14.6. The lowest BCUT2D eigenvalue weighted by atomic mass is 9.79. The first-order valence-corrected chi connectivity index (χ1v) is 7.90. The minimum atomic E-state index is -0.797. The Morgan fingerprint density at radius 3 is 2.60 bits per heavy atom. The second-order valence-corrected chi connectivity index (χ2v) is 6.76. The first kappa shape index (κ1) is 15.0. The minimum Gasteiger partial charge on any atom is -0.481 e. The monoisotopic (exact) mass is 295 g/mol. The average molecular weight is 295 g/mol. The van der Waals surface area contributed by atoms with Gasteiger partial charge in [0.25, 0.3) is 0 Å². The van der Waals surface area contributed by atoms with Crippen molar-refractivity contribution in [3.8, 4) is 0 Å². The van der Waals surface area contributed by atoms with Crippen molar-refractivity contribution in [1.29, 1.82) is 0 Å². The molecule has 1 aromatic rings. The molecule has 0 unspecified atom stereocenters. The van der Waals surface area contributed by atoms with E-state index in [9.17, 15) is 9.59 Å². The molecule has 2 N–H and O–H groups in total. The number of thiophene rings is 1. The van der Waals surface area contributed by atoms with E-state index in [0.717, 1.165) is 30.6 Å². The maximum atomic E-state index is 12.1. The fourth-order valence-corrected chi connectivity index (χ4v) is 3.87. The highest BCUT2D eigenvalue weighted by Crippen LogP contribution is 2.44. The van der Waals surface area contributed by atoms with E-state index in [4.69, 9.17) is 5.11 Å². The SMILES string of the molecule is Cc1ccsc1CNC(=O)CC1(CC(=O)O)CCCC1. The number of hydrogen-bond donors (Lipinski definition) is 2. The van der Waals surface area contributed by atoms with Gasteiger partial charge in [-0.15, -0.1) is 11.3 Å². The quantitative estimate of drug-likeness (QED) is 0.847. The van der Waals surface area contributed by atoms with Crippen molar-refractivity contribution in [2.24, 2.45) is 5.41 Å². The van der Waals surface area contributed by atoms with Crippen molar-refractivity contribution >= 4 is 23.2 Å². The number of nitrogens with one attached hydrogen (secondary N) is 1. The maximum Gasteiger partial charge on any atom is 0.303 e. The predicted octanol–water partition coefficient (Wildman–Crippen LogP) is 3.10. The van der Waals surface area contributed by atoms with Crippen LogP contribution < -0.4 is 5.32 Å².